The highest BCUT2D eigenvalue weighted by atomic mass is 32.1. The zero-order chi connectivity index (χ0) is 21.8. The molecule has 1 aromatic heterocycles. The number of aromatic nitrogens is 1. The lowest BCUT2D eigenvalue weighted by Gasteiger charge is -2.28. The fourth-order valence-electron chi connectivity index (χ4n) is 3.49. The van der Waals surface area contributed by atoms with Crippen LogP contribution in [0.3, 0.4) is 0 Å². The summed E-state index contributed by atoms with van der Waals surface area (Å²) in [6.45, 7) is 11.1. The molecule has 164 valence electrons. The Bertz CT molecular complexity index is 725. The lowest BCUT2D eigenvalue weighted by Crippen LogP contribution is -2.44. The highest BCUT2D eigenvalue weighted by molar-refractivity contribution is 7.09. The fraction of sp³-hybridized carbons (Fsp3) is 0.722. The summed E-state index contributed by atoms with van der Waals surface area (Å²) in [4.78, 5) is 27.8. The monoisotopic (exact) mass is 437 g/mol. The summed E-state index contributed by atoms with van der Waals surface area (Å²) in [5.74, 6) is -2.08. The molecule has 1 amide bonds. The van der Waals surface area contributed by atoms with Gasteiger partial charge in [-0.1, -0.05) is 13.8 Å². The summed E-state index contributed by atoms with van der Waals surface area (Å²) in [5.41, 5.74) is 1.24. The third-order valence-electron chi connectivity index (χ3n) is 5.03. The van der Waals surface area contributed by atoms with Crippen LogP contribution >= 0.6 is 11.3 Å². The van der Waals surface area contributed by atoms with Crippen LogP contribution in [0, 0.1) is 24.2 Å². The number of carbonyl (C=O) groups excluding carboxylic acids is 1. The molecule has 29 heavy (non-hydrogen) atoms. The third-order valence-corrected chi connectivity index (χ3v) is 5.85. The van der Waals surface area contributed by atoms with Gasteiger partial charge in [-0.05, 0) is 6.92 Å². The average Bonchev–Trinajstić information content (AvgIpc) is 3.26. The molecule has 11 heteroatoms. The van der Waals surface area contributed by atoms with Gasteiger partial charge in [0.05, 0.1) is 23.9 Å². The second kappa shape index (κ2) is 9.40. The first kappa shape index (κ1) is 23.6. The minimum absolute atomic E-state index is 0.0349. The number of aryl methyl sites for hydroxylation is 1. The van der Waals surface area contributed by atoms with Gasteiger partial charge in [-0.25, -0.2) is 9.78 Å². The molecule has 2 N–H and O–H groups in total. The van der Waals surface area contributed by atoms with Crippen molar-refractivity contribution in [3.05, 3.63) is 16.1 Å². The Kier molecular flexibility index (Phi) is 7.63. The molecule has 0 bridgehead atoms. The van der Waals surface area contributed by atoms with Gasteiger partial charge < -0.3 is 15.2 Å². The van der Waals surface area contributed by atoms with Gasteiger partial charge in [0.2, 0.25) is 5.91 Å². The number of fused-ring (bicyclic) bond motifs is 1. The van der Waals surface area contributed by atoms with E-state index in [1.54, 1.807) is 11.3 Å². The number of nitrogens with one attached hydrogen (secondary N) is 1. The summed E-state index contributed by atoms with van der Waals surface area (Å²) in [7, 11) is 0. The highest BCUT2D eigenvalue weighted by Crippen LogP contribution is 2.41. The van der Waals surface area contributed by atoms with E-state index in [2.05, 4.69) is 20.6 Å². The van der Waals surface area contributed by atoms with Crippen molar-refractivity contribution >= 4 is 23.2 Å². The second-order valence-electron chi connectivity index (χ2n) is 7.78. The van der Waals surface area contributed by atoms with Crippen molar-refractivity contribution in [2.45, 2.75) is 33.5 Å². The van der Waals surface area contributed by atoms with Crippen molar-refractivity contribution in [1.29, 1.82) is 0 Å². The Hall–Kier alpha value is -1.72. The minimum Gasteiger partial charge on any atom is -0.475 e. The van der Waals surface area contributed by atoms with E-state index in [9.17, 15) is 18.0 Å². The average molecular weight is 437 g/mol. The number of carbonyl (C=O) groups is 2. The number of hydrogen-bond donors (Lipinski definition) is 2. The second-order valence-corrected chi connectivity index (χ2v) is 8.84. The van der Waals surface area contributed by atoms with Crippen LogP contribution in [-0.2, 0) is 20.9 Å². The lowest BCUT2D eigenvalue weighted by atomic mass is 9.81. The molecule has 2 aliphatic heterocycles. The number of hydrogen-bond acceptors (Lipinski definition) is 6. The van der Waals surface area contributed by atoms with Crippen LogP contribution in [0.25, 0.3) is 0 Å². The lowest BCUT2D eigenvalue weighted by molar-refractivity contribution is -0.192. The van der Waals surface area contributed by atoms with E-state index in [1.807, 2.05) is 20.8 Å². The van der Waals surface area contributed by atoms with Crippen LogP contribution in [0.1, 0.15) is 24.5 Å². The molecule has 2 aliphatic rings. The molecular formula is C18H26F3N3O4S. The van der Waals surface area contributed by atoms with Gasteiger partial charge in [-0.3, -0.25) is 9.69 Å². The van der Waals surface area contributed by atoms with E-state index in [-0.39, 0.29) is 17.2 Å². The number of rotatable bonds is 5. The summed E-state index contributed by atoms with van der Waals surface area (Å²) in [5, 5.41) is 13.5. The van der Waals surface area contributed by atoms with Gasteiger partial charge in [0, 0.05) is 48.8 Å². The largest absolute Gasteiger partial charge is 0.490 e. The number of alkyl halides is 3. The number of aliphatic carboxylic acids is 1. The molecule has 2 atom stereocenters. The van der Waals surface area contributed by atoms with Gasteiger partial charge in [-0.2, -0.15) is 13.2 Å². The smallest absolute Gasteiger partial charge is 0.475 e. The van der Waals surface area contributed by atoms with Gasteiger partial charge >= 0.3 is 12.1 Å². The van der Waals surface area contributed by atoms with Crippen LogP contribution in [0.5, 0.6) is 0 Å². The summed E-state index contributed by atoms with van der Waals surface area (Å²) in [6, 6.07) is 0. The van der Waals surface area contributed by atoms with E-state index in [1.165, 1.54) is 0 Å². The first-order chi connectivity index (χ1) is 13.4. The van der Waals surface area contributed by atoms with Crippen LogP contribution in [0.15, 0.2) is 5.38 Å². The molecule has 1 aromatic rings. The van der Waals surface area contributed by atoms with Gasteiger partial charge in [0.1, 0.15) is 0 Å². The molecule has 0 unspecified atom stereocenters. The topological polar surface area (TPSA) is 91.8 Å². The van der Waals surface area contributed by atoms with Gasteiger partial charge in [0.15, 0.2) is 0 Å². The van der Waals surface area contributed by atoms with Crippen LogP contribution < -0.4 is 5.32 Å². The number of halogens is 3. The molecule has 2 saturated heterocycles. The number of nitrogens with zero attached hydrogens (tertiary/aromatic N) is 2. The summed E-state index contributed by atoms with van der Waals surface area (Å²) < 4.78 is 37.5. The molecular weight excluding hydrogens is 411 g/mol. The van der Waals surface area contributed by atoms with Crippen LogP contribution in [0.4, 0.5) is 13.2 Å². The maximum atomic E-state index is 11.9. The van der Waals surface area contributed by atoms with Crippen molar-refractivity contribution in [3.63, 3.8) is 0 Å². The number of likely N-dealkylation sites (tertiary alicyclic amines) is 1. The quantitative estimate of drug-likeness (QED) is 0.735. The van der Waals surface area contributed by atoms with Crippen LogP contribution in [-0.4, -0.2) is 65.9 Å². The zero-order valence-corrected chi connectivity index (χ0v) is 17.4. The van der Waals surface area contributed by atoms with Gasteiger partial charge in [-0.15, -0.1) is 11.3 Å². The number of carboxylic acids is 1. The number of thiazole rings is 1. The summed E-state index contributed by atoms with van der Waals surface area (Å²) in [6.07, 6.45) is -5.08. The number of carboxylic acid groups (broad SMARTS) is 1. The molecule has 0 saturated carbocycles. The van der Waals surface area contributed by atoms with Crippen molar-refractivity contribution in [3.8, 4) is 0 Å². The molecule has 0 radical (unpaired) electrons. The number of ether oxygens (including phenoxy) is 1. The normalized spacial score (nSPS) is 24.2. The standard InChI is InChI=1S/C16H25N3O2S.C2HF3O2/c1-11(2)15(20)17-8-16-9-19(4-13(16)6-21-10-16)5-14-7-22-12(3)18-14;3-2(4,5)1(6)7/h7,11,13H,4-6,8-10H2,1-3H3,(H,17,20);(H,6,7)/t13-,16+;/m1./s1. The van der Waals surface area contributed by atoms with E-state index in [0.717, 1.165) is 50.1 Å². The zero-order valence-electron chi connectivity index (χ0n) is 16.6. The first-order valence-electron chi connectivity index (χ1n) is 9.22. The Labute approximate surface area is 171 Å². The van der Waals surface area contributed by atoms with Crippen molar-refractivity contribution in [2.75, 3.05) is 32.8 Å². The predicted octanol–water partition coefficient (Wildman–Crippen LogP) is 2.31. The Balaban J connectivity index is 0.000000370. The van der Waals surface area contributed by atoms with E-state index >= 15 is 0 Å². The van der Waals surface area contributed by atoms with E-state index in [0.29, 0.717) is 5.92 Å². The van der Waals surface area contributed by atoms with Crippen molar-refractivity contribution in [2.24, 2.45) is 17.3 Å². The molecule has 3 rings (SSSR count). The van der Waals surface area contributed by atoms with Crippen LogP contribution in [0.2, 0.25) is 0 Å². The molecule has 0 aromatic carbocycles. The van der Waals surface area contributed by atoms with E-state index < -0.39 is 12.1 Å². The van der Waals surface area contributed by atoms with Crippen molar-refractivity contribution in [1.82, 2.24) is 15.2 Å². The SMILES string of the molecule is Cc1nc(CN2C[C@@H]3COC[C@]3(CNC(=O)C(C)C)C2)cs1.O=C(O)C(F)(F)F. The summed E-state index contributed by atoms with van der Waals surface area (Å²) >= 11 is 1.71. The molecule has 3 heterocycles. The van der Waals surface area contributed by atoms with E-state index in [4.69, 9.17) is 14.6 Å². The first-order valence-corrected chi connectivity index (χ1v) is 10.1. The molecule has 2 fully saturated rings. The molecule has 0 spiro atoms. The fourth-order valence-corrected chi connectivity index (χ4v) is 4.09. The maximum Gasteiger partial charge on any atom is 0.490 e. The molecule has 7 nitrogen and oxygen atoms in total. The minimum atomic E-state index is -5.08. The van der Waals surface area contributed by atoms with Gasteiger partial charge in [0.25, 0.3) is 0 Å². The number of amides is 1. The maximum absolute atomic E-state index is 11.9. The Morgan fingerprint density at radius 2 is 2.14 bits per heavy atom. The predicted molar refractivity (Wildman–Crippen MR) is 100 cm³/mol. The highest BCUT2D eigenvalue weighted by Gasteiger charge is 2.50. The molecule has 0 aliphatic carbocycles. The Morgan fingerprint density at radius 3 is 2.66 bits per heavy atom. The Morgan fingerprint density at radius 1 is 1.48 bits per heavy atom. The third kappa shape index (κ3) is 6.38. The van der Waals surface area contributed by atoms with Crippen molar-refractivity contribution < 1.29 is 32.6 Å².